The Hall–Kier alpha value is -3.94. The molecule has 0 spiro atoms. The van der Waals surface area contributed by atoms with E-state index in [9.17, 15) is 14.4 Å². The van der Waals surface area contributed by atoms with Gasteiger partial charge in [0.1, 0.15) is 18.1 Å². The number of carbonyl (C=O) groups is 2. The van der Waals surface area contributed by atoms with E-state index in [0.717, 1.165) is 0 Å². The largest absolute Gasteiger partial charge is 0.492 e. The molecule has 3 aromatic rings. The molecule has 1 aliphatic heterocycles. The van der Waals surface area contributed by atoms with Gasteiger partial charge in [-0.3, -0.25) is 14.4 Å². The van der Waals surface area contributed by atoms with Crippen LogP contribution in [0, 0.1) is 0 Å². The lowest BCUT2D eigenvalue weighted by Crippen LogP contribution is -2.47. The molecule has 0 bridgehead atoms. The summed E-state index contributed by atoms with van der Waals surface area (Å²) in [4.78, 5) is 39.2. The standard InChI is InChI=1S/C25H26N4O4/c30-23-12-11-22(27-29(23)17-18-33-21-9-5-2-6-10-21)25(32)28-15-13-20(14-16-28)26-24(31)19-7-3-1-4-8-19/h1-12,20H,13-18H2,(H,26,31). The number of likely N-dealkylation sites (tertiary alicyclic amines) is 1. The third-order valence-corrected chi connectivity index (χ3v) is 5.55. The zero-order valence-electron chi connectivity index (χ0n) is 18.2. The second-order valence-electron chi connectivity index (χ2n) is 7.85. The normalized spacial score (nSPS) is 14.0. The number of hydrogen-bond donors (Lipinski definition) is 1. The number of carbonyl (C=O) groups excluding carboxylic acids is 2. The van der Waals surface area contributed by atoms with Crippen molar-refractivity contribution < 1.29 is 14.3 Å². The van der Waals surface area contributed by atoms with Gasteiger partial charge < -0.3 is 15.0 Å². The number of aromatic nitrogens is 2. The first-order chi connectivity index (χ1) is 16.1. The molecule has 0 radical (unpaired) electrons. The fourth-order valence-corrected chi connectivity index (χ4v) is 3.74. The summed E-state index contributed by atoms with van der Waals surface area (Å²) in [7, 11) is 0. The first-order valence-electron chi connectivity index (χ1n) is 11.0. The number of para-hydroxylation sites is 1. The third kappa shape index (κ3) is 5.85. The summed E-state index contributed by atoms with van der Waals surface area (Å²) in [5.74, 6) is 0.382. The number of amides is 2. The number of nitrogens with zero attached hydrogens (tertiary/aromatic N) is 3. The highest BCUT2D eigenvalue weighted by Crippen LogP contribution is 2.14. The second-order valence-corrected chi connectivity index (χ2v) is 7.85. The van der Waals surface area contributed by atoms with E-state index < -0.39 is 0 Å². The predicted octanol–water partition coefficient (Wildman–Crippen LogP) is 2.36. The van der Waals surface area contributed by atoms with Crippen LogP contribution in [0.15, 0.2) is 77.6 Å². The first-order valence-corrected chi connectivity index (χ1v) is 11.0. The van der Waals surface area contributed by atoms with Gasteiger partial charge in [-0.25, -0.2) is 4.68 Å². The Morgan fingerprint density at radius 3 is 2.30 bits per heavy atom. The molecule has 1 aromatic heterocycles. The molecule has 1 N–H and O–H groups in total. The third-order valence-electron chi connectivity index (χ3n) is 5.55. The molecule has 8 nitrogen and oxygen atoms in total. The van der Waals surface area contributed by atoms with E-state index in [0.29, 0.717) is 37.2 Å². The monoisotopic (exact) mass is 446 g/mol. The van der Waals surface area contributed by atoms with Gasteiger partial charge in [0.15, 0.2) is 0 Å². The average molecular weight is 447 g/mol. The van der Waals surface area contributed by atoms with Crippen molar-refractivity contribution in [2.75, 3.05) is 19.7 Å². The topological polar surface area (TPSA) is 93.5 Å². The minimum absolute atomic E-state index is 0.0128. The molecule has 2 aromatic carbocycles. The van der Waals surface area contributed by atoms with Gasteiger partial charge in [-0.1, -0.05) is 36.4 Å². The van der Waals surface area contributed by atoms with Gasteiger partial charge in [-0.2, -0.15) is 5.10 Å². The van der Waals surface area contributed by atoms with Crippen LogP contribution < -0.4 is 15.6 Å². The van der Waals surface area contributed by atoms with Crippen molar-refractivity contribution in [1.82, 2.24) is 20.0 Å². The molecule has 0 unspecified atom stereocenters. The Bertz CT molecular complexity index is 1140. The van der Waals surface area contributed by atoms with Crippen LogP contribution in [0.25, 0.3) is 0 Å². The minimum atomic E-state index is -0.287. The molecule has 8 heteroatoms. The van der Waals surface area contributed by atoms with Crippen LogP contribution in [0.5, 0.6) is 5.75 Å². The van der Waals surface area contributed by atoms with Crippen molar-refractivity contribution in [3.05, 3.63) is 94.4 Å². The van der Waals surface area contributed by atoms with Crippen molar-refractivity contribution in [2.45, 2.75) is 25.4 Å². The second kappa shape index (κ2) is 10.6. The Morgan fingerprint density at radius 1 is 0.939 bits per heavy atom. The van der Waals surface area contributed by atoms with Crippen LogP contribution in [0.1, 0.15) is 33.7 Å². The number of piperidine rings is 1. The van der Waals surface area contributed by atoms with Crippen molar-refractivity contribution in [1.29, 1.82) is 0 Å². The zero-order chi connectivity index (χ0) is 23.0. The summed E-state index contributed by atoms with van der Waals surface area (Å²) in [5, 5.41) is 7.28. The summed E-state index contributed by atoms with van der Waals surface area (Å²) in [6, 6.07) is 21.2. The highest BCUT2D eigenvalue weighted by molar-refractivity contribution is 5.94. The van der Waals surface area contributed by atoms with E-state index in [4.69, 9.17) is 4.74 Å². The molecule has 33 heavy (non-hydrogen) atoms. The number of rotatable bonds is 7. The fraction of sp³-hybridized carbons (Fsp3) is 0.280. The van der Waals surface area contributed by atoms with Gasteiger partial charge in [0, 0.05) is 30.8 Å². The van der Waals surface area contributed by atoms with Crippen LogP contribution in [0.2, 0.25) is 0 Å². The molecule has 1 aliphatic rings. The number of hydrogen-bond acceptors (Lipinski definition) is 5. The summed E-state index contributed by atoms with van der Waals surface area (Å²) in [6.07, 6.45) is 1.32. The molecule has 0 atom stereocenters. The predicted molar refractivity (Wildman–Crippen MR) is 123 cm³/mol. The smallest absolute Gasteiger partial charge is 0.274 e. The highest BCUT2D eigenvalue weighted by Gasteiger charge is 2.26. The quantitative estimate of drug-likeness (QED) is 0.601. The van der Waals surface area contributed by atoms with E-state index in [1.54, 1.807) is 17.0 Å². The summed E-state index contributed by atoms with van der Waals surface area (Å²) in [5.41, 5.74) is 0.560. The zero-order valence-corrected chi connectivity index (χ0v) is 18.2. The fourth-order valence-electron chi connectivity index (χ4n) is 3.74. The lowest BCUT2D eigenvalue weighted by Gasteiger charge is -2.32. The molecule has 2 heterocycles. The van der Waals surface area contributed by atoms with Crippen LogP contribution in [-0.4, -0.2) is 52.2 Å². The van der Waals surface area contributed by atoms with E-state index in [1.807, 2.05) is 48.5 Å². The molecule has 4 rings (SSSR count). The summed E-state index contributed by atoms with van der Waals surface area (Å²) < 4.78 is 6.88. The van der Waals surface area contributed by atoms with Crippen molar-refractivity contribution in [2.24, 2.45) is 0 Å². The first kappa shape index (κ1) is 22.3. The van der Waals surface area contributed by atoms with Crippen LogP contribution in [0.4, 0.5) is 0 Å². The molecule has 1 saturated heterocycles. The van der Waals surface area contributed by atoms with E-state index in [-0.39, 0.29) is 42.3 Å². The molecule has 0 aliphatic carbocycles. The molecule has 170 valence electrons. The lowest BCUT2D eigenvalue weighted by atomic mass is 10.0. The average Bonchev–Trinajstić information content (AvgIpc) is 2.86. The highest BCUT2D eigenvalue weighted by atomic mass is 16.5. The van der Waals surface area contributed by atoms with Gasteiger partial charge in [0.2, 0.25) is 0 Å². The molecular formula is C25H26N4O4. The maximum atomic E-state index is 12.9. The van der Waals surface area contributed by atoms with Gasteiger partial charge in [0.05, 0.1) is 6.54 Å². The Kier molecular flexibility index (Phi) is 7.14. The minimum Gasteiger partial charge on any atom is -0.492 e. The van der Waals surface area contributed by atoms with Crippen molar-refractivity contribution >= 4 is 11.8 Å². The maximum Gasteiger partial charge on any atom is 0.274 e. The van der Waals surface area contributed by atoms with Gasteiger partial charge in [-0.15, -0.1) is 0 Å². The Labute approximate surface area is 191 Å². The summed E-state index contributed by atoms with van der Waals surface area (Å²) in [6.45, 7) is 1.52. The van der Waals surface area contributed by atoms with Gasteiger partial charge >= 0.3 is 0 Å². The van der Waals surface area contributed by atoms with Crippen LogP contribution >= 0.6 is 0 Å². The van der Waals surface area contributed by atoms with Gasteiger partial charge in [-0.05, 0) is 43.2 Å². The Balaban J connectivity index is 1.30. The number of nitrogens with one attached hydrogen (secondary N) is 1. The van der Waals surface area contributed by atoms with E-state index in [2.05, 4.69) is 10.4 Å². The summed E-state index contributed by atoms with van der Waals surface area (Å²) >= 11 is 0. The molecular weight excluding hydrogens is 420 g/mol. The van der Waals surface area contributed by atoms with Crippen LogP contribution in [0.3, 0.4) is 0 Å². The Morgan fingerprint density at radius 2 is 1.61 bits per heavy atom. The lowest BCUT2D eigenvalue weighted by molar-refractivity contribution is 0.0689. The van der Waals surface area contributed by atoms with E-state index in [1.165, 1.54) is 16.8 Å². The SMILES string of the molecule is O=C(NC1CCN(C(=O)c2ccc(=O)n(CCOc3ccccc3)n2)CC1)c1ccccc1. The van der Waals surface area contributed by atoms with Crippen LogP contribution in [-0.2, 0) is 6.54 Å². The molecule has 0 saturated carbocycles. The van der Waals surface area contributed by atoms with E-state index >= 15 is 0 Å². The number of ether oxygens (including phenoxy) is 1. The molecule has 2 amide bonds. The maximum absolute atomic E-state index is 12.9. The number of benzene rings is 2. The van der Waals surface area contributed by atoms with Crippen molar-refractivity contribution in [3.63, 3.8) is 0 Å². The molecule has 1 fully saturated rings. The van der Waals surface area contributed by atoms with Crippen molar-refractivity contribution in [3.8, 4) is 5.75 Å². The van der Waals surface area contributed by atoms with Gasteiger partial charge in [0.25, 0.3) is 17.4 Å².